The van der Waals surface area contributed by atoms with Crippen LogP contribution in [0.1, 0.15) is 26.7 Å². The summed E-state index contributed by atoms with van der Waals surface area (Å²) in [4.78, 5) is 13.3. The van der Waals surface area contributed by atoms with E-state index in [2.05, 4.69) is 0 Å². The summed E-state index contributed by atoms with van der Waals surface area (Å²) >= 11 is 0. The van der Waals surface area contributed by atoms with Crippen molar-refractivity contribution in [1.29, 1.82) is 0 Å². The van der Waals surface area contributed by atoms with E-state index < -0.39 is 0 Å². The standard InChI is InChI=1S/C10H19NO3/c1-8(2)14-7-10(13)11-5-3-4-9(11)6-12/h8-9,12H,3-7H2,1-2H3. The molecule has 1 amide bonds. The molecule has 1 heterocycles. The molecule has 1 aliphatic rings. The summed E-state index contributed by atoms with van der Waals surface area (Å²) in [6.07, 6.45) is 1.97. The second kappa shape index (κ2) is 5.32. The van der Waals surface area contributed by atoms with Crippen molar-refractivity contribution in [2.24, 2.45) is 0 Å². The molecule has 1 aliphatic heterocycles. The van der Waals surface area contributed by atoms with Crippen molar-refractivity contribution in [2.45, 2.75) is 38.8 Å². The van der Waals surface area contributed by atoms with Gasteiger partial charge in [-0.15, -0.1) is 0 Å². The lowest BCUT2D eigenvalue weighted by Gasteiger charge is -2.23. The number of hydrogen-bond donors (Lipinski definition) is 1. The Kier molecular flexibility index (Phi) is 4.35. The first-order valence-corrected chi connectivity index (χ1v) is 5.17. The van der Waals surface area contributed by atoms with Gasteiger partial charge in [0, 0.05) is 6.54 Å². The van der Waals surface area contributed by atoms with E-state index in [1.165, 1.54) is 0 Å². The molecule has 0 saturated carbocycles. The minimum atomic E-state index is -0.00440. The van der Waals surface area contributed by atoms with Gasteiger partial charge in [-0.05, 0) is 26.7 Å². The minimum absolute atomic E-state index is 0.00440. The Hall–Kier alpha value is -0.610. The molecule has 0 bridgehead atoms. The van der Waals surface area contributed by atoms with Crippen molar-refractivity contribution >= 4 is 5.91 Å². The Bertz CT molecular complexity index is 194. The number of rotatable bonds is 4. The van der Waals surface area contributed by atoms with Crippen LogP contribution in [-0.4, -0.2) is 47.8 Å². The number of ether oxygens (including phenoxy) is 1. The molecule has 0 spiro atoms. The zero-order valence-electron chi connectivity index (χ0n) is 8.90. The first kappa shape index (κ1) is 11.5. The highest BCUT2D eigenvalue weighted by molar-refractivity contribution is 5.78. The van der Waals surface area contributed by atoms with Gasteiger partial charge in [-0.25, -0.2) is 0 Å². The van der Waals surface area contributed by atoms with Crippen LogP contribution in [0.2, 0.25) is 0 Å². The van der Waals surface area contributed by atoms with Crippen LogP contribution in [0.4, 0.5) is 0 Å². The molecule has 1 atom stereocenters. The van der Waals surface area contributed by atoms with Crippen molar-refractivity contribution in [3.05, 3.63) is 0 Å². The topological polar surface area (TPSA) is 49.8 Å². The number of carbonyl (C=O) groups is 1. The summed E-state index contributed by atoms with van der Waals surface area (Å²) in [5, 5.41) is 9.03. The highest BCUT2D eigenvalue weighted by Crippen LogP contribution is 2.16. The van der Waals surface area contributed by atoms with Crippen LogP contribution >= 0.6 is 0 Å². The smallest absolute Gasteiger partial charge is 0.248 e. The lowest BCUT2D eigenvalue weighted by molar-refractivity contribution is -0.139. The molecule has 82 valence electrons. The fourth-order valence-corrected chi connectivity index (χ4v) is 1.67. The summed E-state index contributed by atoms with van der Waals surface area (Å²) in [6.45, 7) is 4.76. The van der Waals surface area contributed by atoms with Crippen molar-refractivity contribution in [3.8, 4) is 0 Å². The SMILES string of the molecule is CC(C)OCC(=O)N1CCCC1CO. The lowest BCUT2D eigenvalue weighted by atomic mass is 10.2. The number of carbonyl (C=O) groups excluding carboxylic acids is 1. The summed E-state index contributed by atoms with van der Waals surface area (Å²) in [5.74, 6) is -0.00440. The van der Waals surface area contributed by atoms with Gasteiger partial charge in [0.25, 0.3) is 0 Å². The van der Waals surface area contributed by atoms with Crippen molar-refractivity contribution < 1.29 is 14.6 Å². The quantitative estimate of drug-likeness (QED) is 0.716. The van der Waals surface area contributed by atoms with Gasteiger partial charge in [0.1, 0.15) is 6.61 Å². The third kappa shape index (κ3) is 2.96. The van der Waals surface area contributed by atoms with Gasteiger partial charge in [-0.3, -0.25) is 4.79 Å². The van der Waals surface area contributed by atoms with E-state index >= 15 is 0 Å². The van der Waals surface area contributed by atoms with Crippen molar-refractivity contribution in [1.82, 2.24) is 4.90 Å². The van der Waals surface area contributed by atoms with E-state index in [4.69, 9.17) is 9.84 Å². The average molecular weight is 201 g/mol. The van der Waals surface area contributed by atoms with Crippen molar-refractivity contribution in [2.75, 3.05) is 19.8 Å². The van der Waals surface area contributed by atoms with Gasteiger partial charge in [-0.1, -0.05) is 0 Å². The fourth-order valence-electron chi connectivity index (χ4n) is 1.67. The minimum Gasteiger partial charge on any atom is -0.394 e. The first-order valence-electron chi connectivity index (χ1n) is 5.17. The molecule has 0 aromatic heterocycles. The molecule has 4 heteroatoms. The van der Waals surface area contributed by atoms with Gasteiger partial charge in [0.2, 0.25) is 5.91 Å². The van der Waals surface area contributed by atoms with Crippen LogP contribution in [-0.2, 0) is 9.53 Å². The number of aliphatic hydroxyl groups excluding tert-OH is 1. The highest BCUT2D eigenvalue weighted by atomic mass is 16.5. The lowest BCUT2D eigenvalue weighted by Crippen LogP contribution is -2.40. The summed E-state index contributed by atoms with van der Waals surface area (Å²) in [6, 6.07) is 0.0123. The maximum absolute atomic E-state index is 11.6. The highest BCUT2D eigenvalue weighted by Gasteiger charge is 2.27. The van der Waals surface area contributed by atoms with Crippen molar-refractivity contribution in [3.63, 3.8) is 0 Å². The molecule has 4 nitrogen and oxygen atoms in total. The third-order valence-corrected chi connectivity index (χ3v) is 2.45. The largest absolute Gasteiger partial charge is 0.394 e. The number of likely N-dealkylation sites (tertiary alicyclic amines) is 1. The first-order chi connectivity index (χ1) is 6.65. The van der Waals surface area contributed by atoms with Gasteiger partial charge < -0.3 is 14.7 Å². The summed E-state index contributed by atoms with van der Waals surface area (Å²) < 4.78 is 5.24. The molecule has 1 N–H and O–H groups in total. The summed E-state index contributed by atoms with van der Waals surface area (Å²) in [5.41, 5.74) is 0. The Labute approximate surface area is 84.8 Å². The van der Waals surface area contributed by atoms with E-state index in [9.17, 15) is 4.79 Å². The Balaban J connectivity index is 2.35. The second-order valence-electron chi connectivity index (χ2n) is 3.93. The molecule has 0 radical (unpaired) electrons. The Morgan fingerprint density at radius 3 is 2.93 bits per heavy atom. The molecule has 1 unspecified atom stereocenters. The number of aliphatic hydroxyl groups is 1. The monoisotopic (exact) mass is 201 g/mol. The molecule has 0 aromatic rings. The van der Waals surface area contributed by atoms with Crippen LogP contribution in [0, 0.1) is 0 Å². The third-order valence-electron chi connectivity index (χ3n) is 2.45. The van der Waals surface area contributed by atoms with Crippen LogP contribution in [0.25, 0.3) is 0 Å². The molecule has 0 aliphatic carbocycles. The van der Waals surface area contributed by atoms with E-state index in [0.29, 0.717) is 0 Å². The zero-order valence-corrected chi connectivity index (χ0v) is 8.90. The molecular weight excluding hydrogens is 182 g/mol. The van der Waals surface area contributed by atoms with Gasteiger partial charge in [0.15, 0.2) is 0 Å². The number of nitrogens with zero attached hydrogens (tertiary/aromatic N) is 1. The predicted molar refractivity (Wildman–Crippen MR) is 52.9 cm³/mol. The molecule has 1 fully saturated rings. The molecule has 14 heavy (non-hydrogen) atoms. The number of hydrogen-bond acceptors (Lipinski definition) is 3. The van der Waals surface area contributed by atoms with Crippen LogP contribution in [0.5, 0.6) is 0 Å². The van der Waals surface area contributed by atoms with E-state index in [1.54, 1.807) is 4.90 Å². The second-order valence-corrected chi connectivity index (χ2v) is 3.93. The van der Waals surface area contributed by atoms with Crippen LogP contribution < -0.4 is 0 Å². The molecule has 0 aromatic carbocycles. The van der Waals surface area contributed by atoms with Gasteiger partial charge >= 0.3 is 0 Å². The van der Waals surface area contributed by atoms with E-state index in [-0.39, 0.29) is 31.3 Å². The predicted octanol–water partition coefficient (Wildman–Crippen LogP) is 0.395. The maximum Gasteiger partial charge on any atom is 0.248 e. The van der Waals surface area contributed by atoms with Crippen LogP contribution in [0.3, 0.4) is 0 Å². The number of amides is 1. The molecular formula is C10H19NO3. The van der Waals surface area contributed by atoms with E-state index in [0.717, 1.165) is 19.4 Å². The maximum atomic E-state index is 11.6. The summed E-state index contributed by atoms with van der Waals surface area (Å²) in [7, 11) is 0. The average Bonchev–Trinajstić information content (AvgIpc) is 2.61. The molecule has 1 rings (SSSR count). The normalized spacial score (nSPS) is 22.0. The van der Waals surface area contributed by atoms with Gasteiger partial charge in [-0.2, -0.15) is 0 Å². The van der Waals surface area contributed by atoms with E-state index in [1.807, 2.05) is 13.8 Å². The fraction of sp³-hybridized carbons (Fsp3) is 0.900. The zero-order chi connectivity index (χ0) is 10.6. The van der Waals surface area contributed by atoms with Gasteiger partial charge in [0.05, 0.1) is 18.8 Å². The van der Waals surface area contributed by atoms with Crippen LogP contribution in [0.15, 0.2) is 0 Å². The molecule has 1 saturated heterocycles. The Morgan fingerprint density at radius 2 is 2.36 bits per heavy atom. The Morgan fingerprint density at radius 1 is 1.64 bits per heavy atom.